The maximum absolute atomic E-state index is 12.8. The molecule has 4 N–H and O–H groups in total. The van der Waals surface area contributed by atoms with E-state index in [1.54, 1.807) is 24.3 Å². The van der Waals surface area contributed by atoms with E-state index in [1.165, 1.54) is 12.1 Å². The normalized spacial score (nSPS) is 14.8. The molecule has 1 aliphatic rings. The lowest BCUT2D eigenvalue weighted by atomic mass is 10.3. The van der Waals surface area contributed by atoms with Gasteiger partial charge in [0.2, 0.25) is 10.0 Å². The van der Waals surface area contributed by atoms with Crippen LogP contribution in [-0.4, -0.2) is 63.8 Å². The van der Waals surface area contributed by atoms with Crippen LogP contribution in [0.25, 0.3) is 0 Å². The number of morpholine rings is 1. The number of hydrogen-bond acceptors (Lipinski definition) is 6. The van der Waals surface area contributed by atoms with Gasteiger partial charge in [0.1, 0.15) is 4.90 Å². The van der Waals surface area contributed by atoms with Crippen molar-refractivity contribution in [3.8, 4) is 5.75 Å². The Hall–Kier alpha value is -2.08. The number of anilines is 2. The topological polar surface area (TPSA) is 120 Å². The molecule has 3 rings (SSSR count). The zero-order valence-electron chi connectivity index (χ0n) is 17.1. The fourth-order valence-corrected chi connectivity index (χ4v) is 5.03. The lowest BCUT2D eigenvalue weighted by Gasteiger charge is -2.26. The quantitative estimate of drug-likeness (QED) is 0.324. The Morgan fingerprint density at radius 1 is 1.03 bits per heavy atom. The third-order valence-corrected chi connectivity index (χ3v) is 7.06. The predicted molar refractivity (Wildman–Crippen MR) is 124 cm³/mol. The third-order valence-electron chi connectivity index (χ3n) is 4.77. The van der Waals surface area contributed by atoms with Crippen molar-refractivity contribution >= 4 is 50.6 Å². The van der Waals surface area contributed by atoms with Gasteiger partial charge in [0.05, 0.1) is 34.6 Å². The molecule has 0 atom stereocenters. The molecule has 174 valence electrons. The minimum Gasteiger partial charge on any atom is -0.504 e. The number of rotatable bonds is 8. The van der Waals surface area contributed by atoms with Crippen LogP contribution in [0.3, 0.4) is 0 Å². The summed E-state index contributed by atoms with van der Waals surface area (Å²) >= 11 is 12.1. The number of carbonyl (C=O) groups excluding carboxylic acids is 1. The van der Waals surface area contributed by atoms with Gasteiger partial charge in [0, 0.05) is 19.6 Å². The maximum Gasteiger partial charge on any atom is 0.323 e. The highest BCUT2D eigenvalue weighted by Gasteiger charge is 2.25. The second-order valence-corrected chi connectivity index (χ2v) is 9.56. The Morgan fingerprint density at radius 3 is 2.44 bits per heavy atom. The highest BCUT2D eigenvalue weighted by molar-refractivity contribution is 7.89. The van der Waals surface area contributed by atoms with Crippen molar-refractivity contribution in [2.24, 2.45) is 0 Å². The molecule has 1 heterocycles. The molecule has 1 saturated heterocycles. The number of benzene rings is 2. The van der Waals surface area contributed by atoms with Gasteiger partial charge in [-0.15, -0.1) is 0 Å². The van der Waals surface area contributed by atoms with Crippen LogP contribution in [0.4, 0.5) is 16.2 Å². The summed E-state index contributed by atoms with van der Waals surface area (Å²) in [5.74, 6) is -0.660. The number of phenolic OH excluding ortho intramolecular Hbond substituents is 1. The van der Waals surface area contributed by atoms with E-state index in [9.17, 15) is 18.3 Å². The zero-order valence-corrected chi connectivity index (χ0v) is 19.4. The van der Waals surface area contributed by atoms with Crippen molar-refractivity contribution in [2.75, 3.05) is 50.0 Å². The van der Waals surface area contributed by atoms with Crippen LogP contribution >= 0.6 is 23.2 Å². The van der Waals surface area contributed by atoms with Crippen LogP contribution in [0.15, 0.2) is 41.3 Å². The second-order valence-electron chi connectivity index (χ2n) is 7.04. The molecule has 0 unspecified atom stereocenters. The number of urea groups is 1. The number of halogens is 2. The van der Waals surface area contributed by atoms with Gasteiger partial charge >= 0.3 is 6.03 Å². The number of sulfonamides is 1. The summed E-state index contributed by atoms with van der Waals surface area (Å²) in [6.07, 6.45) is 0.579. The fourth-order valence-electron chi connectivity index (χ4n) is 3.15. The molecule has 0 spiro atoms. The van der Waals surface area contributed by atoms with Crippen LogP contribution in [0.1, 0.15) is 6.42 Å². The number of phenols is 1. The minimum atomic E-state index is -4.12. The van der Waals surface area contributed by atoms with Crippen molar-refractivity contribution in [2.45, 2.75) is 11.3 Å². The van der Waals surface area contributed by atoms with Crippen LogP contribution in [0.5, 0.6) is 5.75 Å². The number of nitrogens with one attached hydrogen (secondary N) is 3. The number of hydrogen-bond donors (Lipinski definition) is 4. The second kappa shape index (κ2) is 11.2. The number of ether oxygens (including phenoxy) is 1. The number of nitrogens with zero attached hydrogens (tertiary/aromatic N) is 1. The van der Waals surface area contributed by atoms with Gasteiger partial charge in [0.25, 0.3) is 0 Å². The number of amides is 2. The molecule has 2 aromatic carbocycles. The number of carbonyl (C=O) groups is 1. The highest BCUT2D eigenvalue weighted by Crippen LogP contribution is 2.37. The summed E-state index contributed by atoms with van der Waals surface area (Å²) < 4.78 is 33.3. The monoisotopic (exact) mass is 502 g/mol. The van der Waals surface area contributed by atoms with Crippen LogP contribution in [0, 0.1) is 0 Å². The molecule has 2 aromatic rings. The summed E-state index contributed by atoms with van der Waals surface area (Å²) in [4.78, 5) is 14.0. The van der Waals surface area contributed by atoms with E-state index in [0.29, 0.717) is 30.3 Å². The van der Waals surface area contributed by atoms with E-state index >= 15 is 0 Å². The van der Waals surface area contributed by atoms with Crippen molar-refractivity contribution in [3.63, 3.8) is 0 Å². The van der Waals surface area contributed by atoms with Crippen molar-refractivity contribution in [3.05, 3.63) is 46.4 Å². The van der Waals surface area contributed by atoms with E-state index in [2.05, 4.69) is 20.3 Å². The Labute approximate surface area is 196 Å². The standard InChI is InChI=1S/C20H24Cl2N4O5S/c21-14-4-1-2-5-16(14)24-20(28)25-17-7-6-15(22)19(18(17)27)32(29,30)23-8-3-9-26-10-12-31-13-11-26/h1-2,4-7,23,27H,3,8-13H2,(H2,24,25,28). The van der Waals surface area contributed by atoms with Gasteiger partial charge in [0.15, 0.2) is 5.75 Å². The van der Waals surface area contributed by atoms with E-state index in [0.717, 1.165) is 19.6 Å². The molecule has 12 heteroatoms. The average Bonchev–Trinajstić information content (AvgIpc) is 2.76. The molecule has 32 heavy (non-hydrogen) atoms. The van der Waals surface area contributed by atoms with Crippen LogP contribution < -0.4 is 15.4 Å². The summed E-state index contributed by atoms with van der Waals surface area (Å²) in [6, 6.07) is 8.48. The molecule has 1 fully saturated rings. The first kappa shape index (κ1) is 24.6. The lowest BCUT2D eigenvalue weighted by Crippen LogP contribution is -2.38. The lowest BCUT2D eigenvalue weighted by molar-refractivity contribution is 0.0376. The smallest absolute Gasteiger partial charge is 0.323 e. The van der Waals surface area contributed by atoms with E-state index in [1.807, 2.05) is 0 Å². The van der Waals surface area contributed by atoms with Gasteiger partial charge in [-0.25, -0.2) is 17.9 Å². The number of aromatic hydroxyl groups is 1. The fraction of sp³-hybridized carbons (Fsp3) is 0.350. The molecule has 0 saturated carbocycles. The van der Waals surface area contributed by atoms with Gasteiger partial charge in [-0.2, -0.15) is 0 Å². The largest absolute Gasteiger partial charge is 0.504 e. The Morgan fingerprint density at radius 2 is 1.72 bits per heavy atom. The first-order valence-electron chi connectivity index (χ1n) is 9.91. The third kappa shape index (κ3) is 6.47. The molecular formula is C20H24Cl2N4O5S. The molecule has 9 nitrogen and oxygen atoms in total. The van der Waals surface area contributed by atoms with Crippen LogP contribution in [0.2, 0.25) is 10.0 Å². The summed E-state index contributed by atoms with van der Waals surface area (Å²) in [7, 11) is -4.12. The summed E-state index contributed by atoms with van der Waals surface area (Å²) in [5, 5.41) is 15.6. The van der Waals surface area contributed by atoms with Gasteiger partial charge in [-0.3, -0.25) is 4.90 Å². The predicted octanol–water partition coefficient (Wildman–Crippen LogP) is 3.34. The van der Waals surface area contributed by atoms with E-state index < -0.39 is 26.7 Å². The molecule has 2 amide bonds. The molecule has 0 radical (unpaired) electrons. The van der Waals surface area contributed by atoms with Gasteiger partial charge in [-0.05, 0) is 37.2 Å². The van der Waals surface area contributed by atoms with Gasteiger partial charge in [-0.1, -0.05) is 35.3 Å². The SMILES string of the molecule is O=C(Nc1ccccc1Cl)Nc1ccc(Cl)c(S(=O)(=O)NCCCN2CCOCC2)c1O. The first-order chi connectivity index (χ1) is 15.3. The molecule has 1 aliphatic heterocycles. The summed E-state index contributed by atoms with van der Waals surface area (Å²) in [6.45, 7) is 3.83. The molecule has 0 aromatic heterocycles. The van der Waals surface area contributed by atoms with Crippen molar-refractivity contribution in [1.29, 1.82) is 0 Å². The molecule has 0 aliphatic carbocycles. The Kier molecular flexibility index (Phi) is 8.57. The first-order valence-corrected chi connectivity index (χ1v) is 12.2. The Balaban J connectivity index is 1.65. The van der Waals surface area contributed by atoms with Crippen molar-refractivity contribution < 1.29 is 23.1 Å². The van der Waals surface area contributed by atoms with Crippen molar-refractivity contribution in [1.82, 2.24) is 9.62 Å². The van der Waals surface area contributed by atoms with Gasteiger partial charge < -0.3 is 20.5 Å². The molecular weight excluding hydrogens is 479 g/mol. The maximum atomic E-state index is 12.8. The zero-order chi connectivity index (χ0) is 23.1. The average molecular weight is 503 g/mol. The summed E-state index contributed by atoms with van der Waals surface area (Å²) in [5.41, 5.74) is 0.238. The minimum absolute atomic E-state index is 0.118. The van der Waals surface area contributed by atoms with E-state index in [4.69, 9.17) is 27.9 Å². The number of para-hydroxylation sites is 1. The highest BCUT2D eigenvalue weighted by atomic mass is 35.5. The van der Waals surface area contributed by atoms with Crippen LogP contribution in [-0.2, 0) is 14.8 Å². The molecule has 0 bridgehead atoms. The Bertz CT molecular complexity index is 1060. The van der Waals surface area contributed by atoms with E-state index in [-0.39, 0.29) is 17.3 Å².